The summed E-state index contributed by atoms with van der Waals surface area (Å²) in [5.74, 6) is 1.58. The molecule has 0 N–H and O–H groups in total. The van der Waals surface area contributed by atoms with Gasteiger partial charge in [-0.1, -0.05) is 72.1 Å². The average Bonchev–Trinajstić information content (AvgIpc) is 3.95. The molecule has 5 rings (SSSR count). The van der Waals surface area contributed by atoms with E-state index in [-0.39, 0.29) is 0 Å². The van der Waals surface area contributed by atoms with Crippen molar-refractivity contribution in [3.8, 4) is 20.9 Å². The van der Waals surface area contributed by atoms with Crippen molar-refractivity contribution in [2.45, 2.75) is 179 Å². The summed E-state index contributed by atoms with van der Waals surface area (Å²) >= 11 is 3.90. The molecule has 0 spiro atoms. The number of rotatable bonds is 25. The molecule has 0 aliphatic carbocycles. The molecule has 55 heavy (non-hydrogen) atoms. The van der Waals surface area contributed by atoms with Crippen molar-refractivity contribution in [1.29, 1.82) is 0 Å². The van der Waals surface area contributed by atoms with E-state index in [0.29, 0.717) is 0 Å². The van der Waals surface area contributed by atoms with Gasteiger partial charge in [0.1, 0.15) is 0 Å². The van der Waals surface area contributed by atoms with E-state index < -0.39 is 36.8 Å². The zero-order valence-corrected chi connectivity index (χ0v) is 45.7. The molecule has 0 amide bonds. The fourth-order valence-electron chi connectivity index (χ4n) is 8.31. The second-order valence-electron chi connectivity index (χ2n) is 19.1. The van der Waals surface area contributed by atoms with Gasteiger partial charge in [0.25, 0.3) is 0 Å². The van der Waals surface area contributed by atoms with Gasteiger partial charge in [0.2, 0.25) is 0 Å². The van der Waals surface area contributed by atoms with Gasteiger partial charge < -0.3 is 0 Å². The number of unbranched alkanes of at least 4 members (excludes halogenated alkanes) is 11. The van der Waals surface area contributed by atoms with Gasteiger partial charge in [0.15, 0.2) is 0 Å². The van der Waals surface area contributed by atoms with E-state index in [4.69, 9.17) is 0 Å². The second kappa shape index (κ2) is 22.1. The van der Waals surface area contributed by atoms with Gasteiger partial charge in [-0.15, -0.1) is 0 Å². The van der Waals surface area contributed by atoms with Crippen LogP contribution in [0.4, 0.5) is 0 Å². The predicted molar refractivity (Wildman–Crippen MR) is 265 cm³/mol. The molecular weight excluding hydrogens is 954 g/mol. The number of thiophene rings is 4. The Morgan fingerprint density at radius 1 is 0.473 bits per heavy atom. The SMILES string of the molecule is CCCCCCCCC(CCCCCC)Cc1ccc(-c2c3c[c]([Sn]([CH3])([CH3])[CH3])sc3c(-c3ccc(CC(C)CCCCCC)s3)c3c[c]([Sn]([CH3])([CH3])[CH3])sc23)s1. The van der Waals surface area contributed by atoms with Gasteiger partial charge in [-0.3, -0.25) is 0 Å². The fraction of sp³-hybridized carbons (Fsp3) is 0.633. The molecule has 4 aromatic heterocycles. The molecule has 0 saturated heterocycles. The topological polar surface area (TPSA) is 0 Å². The van der Waals surface area contributed by atoms with E-state index >= 15 is 0 Å². The van der Waals surface area contributed by atoms with Gasteiger partial charge in [-0.2, -0.15) is 0 Å². The van der Waals surface area contributed by atoms with E-state index in [1.807, 2.05) is 0 Å². The molecule has 6 heteroatoms. The Morgan fingerprint density at radius 2 is 0.873 bits per heavy atom. The van der Waals surface area contributed by atoms with Crippen LogP contribution in [-0.2, 0) is 12.8 Å². The van der Waals surface area contributed by atoms with Crippen molar-refractivity contribution in [3.05, 3.63) is 46.2 Å². The Balaban J connectivity index is 1.54. The molecule has 0 aliphatic rings. The summed E-state index contributed by atoms with van der Waals surface area (Å²) in [7, 11) is 0. The van der Waals surface area contributed by atoms with Crippen molar-refractivity contribution in [2.75, 3.05) is 0 Å². The first-order valence-corrected chi connectivity index (χ1v) is 45.8. The van der Waals surface area contributed by atoms with Gasteiger partial charge in [0, 0.05) is 0 Å². The van der Waals surface area contributed by atoms with Gasteiger partial charge in [-0.05, 0) is 0 Å². The van der Waals surface area contributed by atoms with Crippen LogP contribution in [0, 0.1) is 11.8 Å². The van der Waals surface area contributed by atoms with Crippen LogP contribution in [0.15, 0.2) is 36.4 Å². The first-order chi connectivity index (χ1) is 26.3. The van der Waals surface area contributed by atoms with Crippen LogP contribution in [0.1, 0.15) is 147 Å². The predicted octanol–water partition coefficient (Wildman–Crippen LogP) is 17.7. The van der Waals surface area contributed by atoms with Crippen molar-refractivity contribution in [3.63, 3.8) is 0 Å². The average molecular weight is 1030 g/mol. The van der Waals surface area contributed by atoms with Gasteiger partial charge in [0.05, 0.1) is 0 Å². The molecule has 4 heterocycles. The first-order valence-electron chi connectivity index (χ1n) is 22.6. The quantitative estimate of drug-likeness (QED) is 0.0404. The number of fused-ring (bicyclic) bond motifs is 2. The summed E-state index contributed by atoms with van der Waals surface area (Å²) in [6, 6.07) is 15.5. The van der Waals surface area contributed by atoms with E-state index in [1.165, 1.54) is 132 Å². The molecule has 0 saturated carbocycles. The number of benzene rings is 1. The maximum atomic E-state index is 2.70. The van der Waals surface area contributed by atoms with E-state index in [2.05, 4.69) is 139 Å². The van der Waals surface area contributed by atoms with Crippen molar-refractivity contribution >= 4 is 108 Å². The zero-order valence-electron chi connectivity index (χ0n) is 36.7. The Labute approximate surface area is 362 Å². The Morgan fingerprint density at radius 3 is 1.33 bits per heavy atom. The summed E-state index contributed by atoms with van der Waals surface area (Å²) in [5, 5.41) is 3.11. The molecule has 304 valence electrons. The third-order valence-electron chi connectivity index (χ3n) is 11.8. The molecule has 5 aromatic rings. The Hall–Kier alpha value is 0.137. The number of hydrogen-bond acceptors (Lipinski definition) is 4. The van der Waals surface area contributed by atoms with Crippen LogP contribution in [0.25, 0.3) is 41.1 Å². The Bertz CT molecular complexity index is 1820. The third kappa shape index (κ3) is 13.1. The molecule has 0 aliphatic heterocycles. The van der Waals surface area contributed by atoms with Crippen molar-refractivity contribution in [2.24, 2.45) is 11.8 Å². The first kappa shape index (κ1) is 46.2. The summed E-state index contributed by atoms with van der Waals surface area (Å²) in [6.07, 6.45) is 26.1. The van der Waals surface area contributed by atoms with Crippen molar-refractivity contribution < 1.29 is 0 Å². The molecule has 2 atom stereocenters. The molecular formula is C49H76S4Sn2. The minimum atomic E-state index is -2.35. The van der Waals surface area contributed by atoms with Crippen LogP contribution in [-0.4, -0.2) is 36.8 Å². The molecule has 0 nitrogen and oxygen atoms in total. The molecule has 2 unspecified atom stereocenters. The molecule has 0 fully saturated rings. The van der Waals surface area contributed by atoms with Crippen LogP contribution < -0.4 is 5.79 Å². The zero-order chi connectivity index (χ0) is 39.6. The van der Waals surface area contributed by atoms with Crippen LogP contribution in [0.3, 0.4) is 0 Å². The third-order valence-corrected chi connectivity index (χ3v) is 35.2. The van der Waals surface area contributed by atoms with E-state index in [1.54, 1.807) is 46.8 Å². The fourth-order valence-corrected chi connectivity index (χ4v) is 23.7. The maximum absolute atomic E-state index is 2.70. The van der Waals surface area contributed by atoms with Gasteiger partial charge >= 0.3 is 294 Å². The second-order valence-corrected chi connectivity index (χ2v) is 54.4. The summed E-state index contributed by atoms with van der Waals surface area (Å²) in [4.78, 5) is 21.9. The van der Waals surface area contributed by atoms with Gasteiger partial charge in [-0.25, -0.2) is 0 Å². The standard InChI is InChI=1S/C43H58S4.6CH3.2Sn/c1-5-8-11-14-15-18-21-33(20-17-13-10-7-3)31-35-23-25-39(47-35)41-37-27-29-44-42(37)40(36-26-28-45-43(36)41)38-24-22-34(46-38)30-32(4)19-16-12-9-6-2;;;;;;;;/h22-27,32-33H,5-21,30-31H2,1-4H3;6*1H3;;. The molecule has 0 radical (unpaired) electrons. The van der Waals surface area contributed by atoms with Crippen LogP contribution in [0.5, 0.6) is 0 Å². The summed E-state index contributed by atoms with van der Waals surface area (Å²) in [6.45, 7) is 9.48. The minimum absolute atomic E-state index is 0.756. The monoisotopic (exact) mass is 1030 g/mol. The van der Waals surface area contributed by atoms with E-state index in [0.717, 1.165) is 11.8 Å². The Kier molecular flexibility index (Phi) is 18.6. The summed E-state index contributed by atoms with van der Waals surface area (Å²) < 4.78 is 6.60. The van der Waals surface area contributed by atoms with E-state index in [9.17, 15) is 0 Å². The number of hydrogen-bond donors (Lipinski definition) is 0. The summed E-state index contributed by atoms with van der Waals surface area (Å²) in [5.41, 5.74) is 3.14. The van der Waals surface area contributed by atoms with Crippen LogP contribution >= 0.6 is 45.3 Å². The molecule has 0 bridgehead atoms. The normalized spacial score (nSPS) is 13.8. The van der Waals surface area contributed by atoms with Crippen molar-refractivity contribution in [1.82, 2.24) is 0 Å². The van der Waals surface area contributed by atoms with Crippen LogP contribution in [0.2, 0.25) is 29.6 Å². The molecule has 1 aromatic carbocycles.